The minimum Gasteiger partial charge on any atom is -0.476 e. The third-order valence-electron chi connectivity index (χ3n) is 2.05. The average Bonchev–Trinajstić information content (AvgIpc) is 2.65. The van der Waals surface area contributed by atoms with Gasteiger partial charge < -0.3 is 9.52 Å². The Labute approximate surface area is 99.3 Å². The Morgan fingerprint density at radius 1 is 1.56 bits per heavy atom. The standard InChI is InChI=1S/C10H7BrN2O3/c1-5-6(2-3-16-5)9-12-4-7(11)8(13-9)10(14)15/h2-4H,1H3,(H,14,15). The number of carboxylic acid groups (broad SMARTS) is 1. The van der Waals surface area contributed by atoms with Gasteiger partial charge in [-0.05, 0) is 28.9 Å². The quantitative estimate of drug-likeness (QED) is 0.916. The largest absolute Gasteiger partial charge is 0.476 e. The van der Waals surface area contributed by atoms with Gasteiger partial charge in [0.25, 0.3) is 0 Å². The van der Waals surface area contributed by atoms with E-state index in [9.17, 15) is 4.79 Å². The Morgan fingerprint density at radius 2 is 2.31 bits per heavy atom. The van der Waals surface area contributed by atoms with Gasteiger partial charge in [0.15, 0.2) is 11.5 Å². The van der Waals surface area contributed by atoms with Gasteiger partial charge >= 0.3 is 5.97 Å². The maximum absolute atomic E-state index is 10.9. The summed E-state index contributed by atoms with van der Waals surface area (Å²) in [6.45, 7) is 1.77. The summed E-state index contributed by atoms with van der Waals surface area (Å²) in [5, 5.41) is 8.91. The molecule has 0 fully saturated rings. The zero-order chi connectivity index (χ0) is 11.7. The van der Waals surface area contributed by atoms with E-state index >= 15 is 0 Å². The summed E-state index contributed by atoms with van der Waals surface area (Å²) in [5.41, 5.74) is 0.626. The molecule has 2 aromatic rings. The lowest BCUT2D eigenvalue weighted by Crippen LogP contribution is -2.04. The van der Waals surface area contributed by atoms with Crippen molar-refractivity contribution in [1.82, 2.24) is 9.97 Å². The lowest BCUT2D eigenvalue weighted by Gasteiger charge is -2.01. The molecule has 0 atom stereocenters. The molecule has 0 radical (unpaired) electrons. The van der Waals surface area contributed by atoms with Gasteiger partial charge in [0.1, 0.15) is 5.76 Å². The molecule has 82 valence electrons. The molecule has 6 heteroatoms. The number of nitrogens with zero attached hydrogens (tertiary/aromatic N) is 2. The summed E-state index contributed by atoms with van der Waals surface area (Å²) in [7, 11) is 0. The number of carbonyl (C=O) groups is 1. The predicted molar refractivity (Wildman–Crippen MR) is 59.1 cm³/mol. The fourth-order valence-electron chi connectivity index (χ4n) is 1.26. The Hall–Kier alpha value is -1.69. The van der Waals surface area contributed by atoms with Crippen LogP contribution in [0, 0.1) is 6.92 Å². The van der Waals surface area contributed by atoms with Crippen LogP contribution in [0.1, 0.15) is 16.2 Å². The first-order valence-corrected chi connectivity index (χ1v) is 5.19. The third kappa shape index (κ3) is 1.83. The van der Waals surface area contributed by atoms with Crippen LogP contribution < -0.4 is 0 Å². The van der Waals surface area contributed by atoms with Gasteiger partial charge in [-0.2, -0.15) is 0 Å². The Kier molecular flexibility index (Phi) is 2.74. The second kappa shape index (κ2) is 4.05. The number of halogens is 1. The molecular formula is C10H7BrN2O3. The summed E-state index contributed by atoms with van der Waals surface area (Å²) in [5.74, 6) is -0.109. The number of aryl methyl sites for hydroxylation is 1. The third-order valence-corrected chi connectivity index (χ3v) is 2.63. The molecule has 16 heavy (non-hydrogen) atoms. The molecule has 0 saturated carbocycles. The maximum atomic E-state index is 10.9. The SMILES string of the molecule is Cc1occc1-c1ncc(Br)c(C(=O)O)n1. The van der Waals surface area contributed by atoms with Crippen molar-refractivity contribution in [2.75, 3.05) is 0 Å². The number of carboxylic acids is 1. The van der Waals surface area contributed by atoms with Gasteiger partial charge in [-0.15, -0.1) is 0 Å². The highest BCUT2D eigenvalue weighted by molar-refractivity contribution is 9.10. The van der Waals surface area contributed by atoms with Crippen LogP contribution in [0.4, 0.5) is 0 Å². The van der Waals surface area contributed by atoms with Crippen LogP contribution in [0.3, 0.4) is 0 Å². The normalized spacial score (nSPS) is 10.4. The minimum absolute atomic E-state index is 0.0643. The molecule has 2 heterocycles. The summed E-state index contributed by atoms with van der Waals surface area (Å²) >= 11 is 3.08. The predicted octanol–water partition coefficient (Wildman–Crippen LogP) is 2.51. The molecule has 0 bridgehead atoms. The molecule has 0 unspecified atom stereocenters. The number of aromatic nitrogens is 2. The van der Waals surface area contributed by atoms with Crippen LogP contribution in [0.15, 0.2) is 27.4 Å². The number of hydrogen-bond donors (Lipinski definition) is 1. The average molecular weight is 283 g/mol. The highest BCUT2D eigenvalue weighted by atomic mass is 79.9. The van der Waals surface area contributed by atoms with E-state index in [4.69, 9.17) is 9.52 Å². The summed E-state index contributed by atoms with van der Waals surface area (Å²) in [6, 6.07) is 1.70. The summed E-state index contributed by atoms with van der Waals surface area (Å²) in [6.07, 6.45) is 2.93. The second-order valence-corrected chi connectivity index (χ2v) is 3.94. The molecule has 0 aliphatic rings. The first-order chi connectivity index (χ1) is 7.59. The first-order valence-electron chi connectivity index (χ1n) is 4.40. The van der Waals surface area contributed by atoms with E-state index in [1.807, 2.05) is 0 Å². The van der Waals surface area contributed by atoms with Crippen molar-refractivity contribution in [3.8, 4) is 11.4 Å². The molecule has 2 aromatic heterocycles. The second-order valence-electron chi connectivity index (χ2n) is 3.09. The lowest BCUT2D eigenvalue weighted by atomic mass is 10.2. The summed E-state index contributed by atoms with van der Waals surface area (Å²) in [4.78, 5) is 18.9. The first kappa shape index (κ1) is 10.8. The molecule has 0 saturated heterocycles. The van der Waals surface area contributed by atoms with Gasteiger partial charge in [0, 0.05) is 6.20 Å². The van der Waals surface area contributed by atoms with Crippen molar-refractivity contribution in [2.45, 2.75) is 6.92 Å². The van der Waals surface area contributed by atoms with Crippen molar-refractivity contribution >= 4 is 21.9 Å². The van der Waals surface area contributed by atoms with E-state index in [0.29, 0.717) is 21.6 Å². The van der Waals surface area contributed by atoms with Crippen LogP contribution in [-0.2, 0) is 0 Å². The van der Waals surface area contributed by atoms with Crippen LogP contribution in [0.25, 0.3) is 11.4 Å². The van der Waals surface area contributed by atoms with Gasteiger partial charge in [-0.3, -0.25) is 0 Å². The van der Waals surface area contributed by atoms with Crippen LogP contribution in [0.2, 0.25) is 0 Å². The lowest BCUT2D eigenvalue weighted by molar-refractivity contribution is 0.0689. The monoisotopic (exact) mass is 282 g/mol. The van der Waals surface area contributed by atoms with Gasteiger partial charge in [-0.1, -0.05) is 0 Å². The minimum atomic E-state index is -1.10. The molecule has 5 nitrogen and oxygen atoms in total. The van der Waals surface area contributed by atoms with Crippen molar-refractivity contribution in [1.29, 1.82) is 0 Å². The van der Waals surface area contributed by atoms with Crippen molar-refractivity contribution < 1.29 is 14.3 Å². The van der Waals surface area contributed by atoms with Crippen LogP contribution >= 0.6 is 15.9 Å². The van der Waals surface area contributed by atoms with Gasteiger partial charge in [0.05, 0.1) is 16.3 Å². The molecule has 2 rings (SSSR count). The molecule has 0 amide bonds. The molecule has 0 spiro atoms. The number of aromatic carboxylic acids is 1. The highest BCUT2D eigenvalue weighted by Crippen LogP contribution is 2.23. The zero-order valence-corrected chi connectivity index (χ0v) is 9.85. The smallest absolute Gasteiger partial charge is 0.355 e. The topological polar surface area (TPSA) is 76.2 Å². The molecule has 0 aromatic carbocycles. The summed E-state index contributed by atoms with van der Waals surface area (Å²) < 4.78 is 5.46. The van der Waals surface area contributed by atoms with Crippen molar-refractivity contribution in [2.24, 2.45) is 0 Å². The van der Waals surface area contributed by atoms with E-state index in [1.165, 1.54) is 12.5 Å². The van der Waals surface area contributed by atoms with E-state index in [2.05, 4.69) is 25.9 Å². The molecule has 0 aliphatic heterocycles. The fraction of sp³-hybridized carbons (Fsp3) is 0.100. The van der Waals surface area contributed by atoms with Crippen molar-refractivity contribution in [3.05, 3.63) is 34.5 Å². The van der Waals surface area contributed by atoms with Crippen molar-refractivity contribution in [3.63, 3.8) is 0 Å². The fourth-order valence-corrected chi connectivity index (χ4v) is 1.62. The Morgan fingerprint density at radius 3 is 2.88 bits per heavy atom. The van der Waals surface area contributed by atoms with Gasteiger partial charge in [-0.25, -0.2) is 14.8 Å². The van der Waals surface area contributed by atoms with Crippen LogP contribution in [0.5, 0.6) is 0 Å². The van der Waals surface area contributed by atoms with Crippen LogP contribution in [-0.4, -0.2) is 21.0 Å². The van der Waals surface area contributed by atoms with Gasteiger partial charge in [0.2, 0.25) is 0 Å². The number of hydrogen-bond acceptors (Lipinski definition) is 4. The Bertz CT molecular complexity index is 551. The highest BCUT2D eigenvalue weighted by Gasteiger charge is 2.15. The molecular weight excluding hydrogens is 276 g/mol. The Balaban J connectivity index is 2.56. The maximum Gasteiger partial charge on any atom is 0.355 e. The molecule has 1 N–H and O–H groups in total. The van der Waals surface area contributed by atoms with E-state index < -0.39 is 5.97 Å². The van der Waals surface area contributed by atoms with E-state index in [0.717, 1.165) is 0 Å². The number of furan rings is 1. The van der Waals surface area contributed by atoms with E-state index in [-0.39, 0.29) is 5.69 Å². The zero-order valence-electron chi connectivity index (χ0n) is 8.27. The number of rotatable bonds is 2. The van der Waals surface area contributed by atoms with E-state index in [1.54, 1.807) is 13.0 Å². The molecule has 0 aliphatic carbocycles.